The van der Waals surface area contributed by atoms with Crippen LogP contribution in [0.1, 0.15) is 7.43 Å². The third-order valence-corrected chi connectivity index (χ3v) is 8.25. The van der Waals surface area contributed by atoms with Gasteiger partial charge in [0.2, 0.25) is 0 Å². The average molecular weight is 790 g/mol. The minimum absolute atomic E-state index is 0. The van der Waals surface area contributed by atoms with Crippen LogP contribution in [0.15, 0.2) is 51.4 Å². The minimum atomic E-state index is -0.475. The van der Waals surface area contributed by atoms with Crippen LogP contribution in [0.3, 0.4) is 0 Å². The second kappa shape index (κ2) is 15.2. The molecule has 2 aliphatic heterocycles. The van der Waals surface area contributed by atoms with Crippen LogP contribution < -0.4 is 30.4 Å². The molecule has 0 spiro atoms. The Hall–Kier alpha value is -5.81. The maximum atomic E-state index is 11.3. The van der Waals surface area contributed by atoms with Gasteiger partial charge >= 0.3 is 0 Å². The van der Waals surface area contributed by atoms with E-state index < -0.39 is 9.85 Å². The normalized spacial score (nSPS) is 12.5. The second-order valence-corrected chi connectivity index (χ2v) is 11.9. The number of halogens is 1. The third kappa shape index (κ3) is 7.74. The van der Waals surface area contributed by atoms with Crippen LogP contribution in [-0.4, -0.2) is 76.1 Å². The third-order valence-electron chi connectivity index (χ3n) is 6.48. The average Bonchev–Trinajstić information content (AvgIpc) is 3.68. The van der Waals surface area contributed by atoms with Crippen LogP contribution in [0.4, 0.5) is 23.0 Å². The van der Waals surface area contributed by atoms with Gasteiger partial charge in [-0.25, -0.2) is 24.9 Å². The molecule has 7 N–H and O–H groups in total. The Morgan fingerprint density at radius 3 is 1.88 bits per heavy atom. The van der Waals surface area contributed by atoms with Crippen molar-refractivity contribution in [2.45, 2.75) is 17.5 Å². The first-order chi connectivity index (χ1) is 23.6. The lowest BCUT2D eigenvalue weighted by molar-refractivity contribution is -0.387. The van der Waals surface area contributed by atoms with E-state index in [0.717, 1.165) is 11.8 Å². The van der Waals surface area contributed by atoms with E-state index in [0.29, 0.717) is 96.9 Å². The lowest BCUT2D eigenvalue weighted by Gasteiger charge is -2.18. The number of nitrogens with two attached hydrogens (primary N) is 2. The van der Waals surface area contributed by atoms with Gasteiger partial charge in [-0.2, -0.15) is 0 Å². The summed E-state index contributed by atoms with van der Waals surface area (Å²) in [6.45, 7) is 1.65. The Morgan fingerprint density at radius 2 is 1.30 bits per heavy atom. The number of ether oxygens (including phenoxy) is 4. The summed E-state index contributed by atoms with van der Waals surface area (Å²) in [6, 6.07) is 5.83. The van der Waals surface area contributed by atoms with Gasteiger partial charge in [-0.1, -0.05) is 7.43 Å². The first kappa shape index (κ1) is 35.5. The van der Waals surface area contributed by atoms with E-state index in [1.807, 2.05) is 0 Å². The van der Waals surface area contributed by atoms with Gasteiger partial charge in [-0.05, 0) is 39.9 Å². The molecule has 2 aromatic carbocycles. The van der Waals surface area contributed by atoms with E-state index in [4.69, 9.17) is 42.6 Å². The Labute approximate surface area is 297 Å². The number of imidazole rings is 2. The summed E-state index contributed by atoms with van der Waals surface area (Å²) in [5, 5.41) is 22.3. The zero-order valence-electron chi connectivity index (χ0n) is 24.5. The first-order valence-corrected chi connectivity index (χ1v) is 15.7. The number of nitrogens with one attached hydrogen (secondary N) is 3. The molecular weight excluding hydrogens is 764 g/mol. The molecule has 20 nitrogen and oxygen atoms in total. The van der Waals surface area contributed by atoms with Crippen LogP contribution in [0.25, 0.3) is 22.3 Å². The molecule has 23 heteroatoms. The zero-order valence-corrected chi connectivity index (χ0v) is 27.8. The number of nitrogen functional groups attached to an aromatic ring is 2. The maximum Gasteiger partial charge on any atom is 0.287 e. The highest BCUT2D eigenvalue weighted by Crippen LogP contribution is 2.43. The van der Waals surface area contributed by atoms with Crippen molar-refractivity contribution in [2.75, 3.05) is 37.9 Å². The second-order valence-electron chi connectivity index (χ2n) is 9.59. The molecule has 6 heterocycles. The monoisotopic (exact) mass is 788 g/mol. The lowest BCUT2D eigenvalue weighted by atomic mass is 10.2. The highest BCUT2D eigenvalue weighted by molar-refractivity contribution is 9.10. The largest absolute Gasteiger partial charge is 0.486 e. The predicted octanol–water partition coefficient (Wildman–Crippen LogP) is 5.13. The molecule has 2 aliphatic rings. The molecule has 0 radical (unpaired) electrons. The number of fused-ring (bicyclic) bond motifs is 4. The fourth-order valence-electron chi connectivity index (χ4n) is 4.32. The number of nitro benzene ring substituents is 2. The van der Waals surface area contributed by atoms with Crippen LogP contribution in [0.5, 0.6) is 23.0 Å². The molecular formula is C27H25BrN12O8S2. The quantitative estimate of drug-likeness (QED) is 0.0879. The fourth-order valence-corrected chi connectivity index (χ4v) is 5.89. The molecule has 50 heavy (non-hydrogen) atoms. The molecule has 8 rings (SSSR count). The van der Waals surface area contributed by atoms with Crippen LogP contribution in [-0.2, 0) is 0 Å². The number of aromatic amines is 3. The van der Waals surface area contributed by atoms with Gasteiger partial charge in [-0.3, -0.25) is 20.2 Å². The summed E-state index contributed by atoms with van der Waals surface area (Å²) < 4.78 is 22.2. The summed E-state index contributed by atoms with van der Waals surface area (Å²) in [5.41, 5.74) is 13.3. The van der Waals surface area contributed by atoms with Crippen molar-refractivity contribution in [3.63, 3.8) is 0 Å². The van der Waals surface area contributed by atoms with Gasteiger partial charge in [0.1, 0.15) is 50.1 Å². The summed E-state index contributed by atoms with van der Waals surface area (Å²) in [4.78, 5) is 49.8. The van der Waals surface area contributed by atoms with E-state index in [1.54, 1.807) is 12.1 Å². The smallest absolute Gasteiger partial charge is 0.287 e. The fraction of sp³-hybridized carbons (Fsp3) is 0.185. The molecule has 260 valence electrons. The number of hydrogen-bond donors (Lipinski definition) is 5. The van der Waals surface area contributed by atoms with Crippen molar-refractivity contribution >= 4 is 85.2 Å². The van der Waals surface area contributed by atoms with Crippen molar-refractivity contribution in [1.29, 1.82) is 0 Å². The van der Waals surface area contributed by atoms with Gasteiger partial charge in [0.25, 0.3) is 11.4 Å². The molecule has 0 saturated heterocycles. The standard InChI is InChI=1S/C13H10N6O4S.C8H6BrNO4.C5H5N5S.CH4/c14-11-10-12(16-5-15-11)18-13(17-10)24-9-4-8-7(22-1-2-23-8)3-6(9)19(20)21;9-5-3-7-8(14-2-1-13-7)4-6(5)10(11)12;6-3-2-4(8-1-7-3)10-5(11)9-2;/h3-5H,1-2H2,(H3,14,15,16,17,18);3-4H,1-2H2;1H,(H4,6,7,8,9,10,11);1H4. The van der Waals surface area contributed by atoms with Crippen LogP contribution >= 0.6 is 39.9 Å². The molecule has 0 saturated carbocycles. The SMILES string of the molecule is C.Nc1ncnc2[nH]c(=S)[nH]c12.Nc1ncnc2nc(Sc3cc4c(cc3[N+](=O)[O-])OCCO4)[nH]c12.O=[N+]([O-])c1cc2c(cc1Br)OCCO2. The van der Waals surface area contributed by atoms with E-state index in [-0.39, 0.29) is 24.6 Å². The summed E-state index contributed by atoms with van der Waals surface area (Å²) in [6.07, 6.45) is 2.69. The first-order valence-electron chi connectivity index (χ1n) is 13.7. The van der Waals surface area contributed by atoms with Crippen molar-refractivity contribution in [3.8, 4) is 23.0 Å². The summed E-state index contributed by atoms with van der Waals surface area (Å²) >= 11 is 9.02. The molecule has 0 aliphatic carbocycles. The summed E-state index contributed by atoms with van der Waals surface area (Å²) in [7, 11) is 0. The number of benzene rings is 2. The molecule has 0 unspecified atom stereocenters. The maximum absolute atomic E-state index is 11.3. The van der Waals surface area contributed by atoms with E-state index in [1.165, 1.54) is 24.8 Å². The van der Waals surface area contributed by atoms with Gasteiger partial charge in [0, 0.05) is 12.1 Å². The number of hydrogen-bond acceptors (Lipinski definition) is 17. The van der Waals surface area contributed by atoms with Gasteiger partial charge in [-0.15, -0.1) is 0 Å². The number of aromatic nitrogens is 8. The van der Waals surface area contributed by atoms with Gasteiger partial charge in [0.05, 0.1) is 31.3 Å². The molecule has 0 atom stereocenters. The van der Waals surface area contributed by atoms with E-state index >= 15 is 0 Å². The number of nitrogens with zero attached hydrogens (tertiary/aromatic N) is 7. The summed E-state index contributed by atoms with van der Waals surface area (Å²) in [5.74, 6) is 2.44. The van der Waals surface area contributed by atoms with Crippen molar-refractivity contribution < 1.29 is 28.8 Å². The number of nitro groups is 2. The van der Waals surface area contributed by atoms with E-state index in [2.05, 4.69) is 55.8 Å². The molecule has 4 aromatic heterocycles. The topological polar surface area (TPSA) is 287 Å². The highest BCUT2D eigenvalue weighted by atomic mass is 79.9. The molecule has 0 bridgehead atoms. The Bertz CT molecular complexity index is 2280. The number of rotatable bonds is 4. The Kier molecular flexibility index (Phi) is 10.8. The van der Waals surface area contributed by atoms with E-state index in [9.17, 15) is 20.2 Å². The molecule has 0 amide bonds. The predicted molar refractivity (Wildman–Crippen MR) is 186 cm³/mol. The van der Waals surface area contributed by atoms with Crippen LogP contribution in [0.2, 0.25) is 0 Å². The number of anilines is 2. The number of H-pyrrole nitrogens is 3. The Morgan fingerprint density at radius 1 is 0.760 bits per heavy atom. The highest BCUT2D eigenvalue weighted by Gasteiger charge is 2.24. The van der Waals surface area contributed by atoms with Gasteiger partial charge < -0.3 is 45.4 Å². The van der Waals surface area contributed by atoms with Gasteiger partial charge in [0.15, 0.2) is 55.9 Å². The Balaban J connectivity index is 0.000000159. The minimum Gasteiger partial charge on any atom is -0.486 e. The molecule has 0 fully saturated rings. The van der Waals surface area contributed by atoms with Crippen LogP contribution in [0, 0.1) is 25.0 Å². The van der Waals surface area contributed by atoms with Crippen molar-refractivity contribution in [2.24, 2.45) is 0 Å². The zero-order chi connectivity index (χ0) is 34.7. The van der Waals surface area contributed by atoms with Crippen molar-refractivity contribution in [3.05, 3.63) is 66.4 Å². The lowest BCUT2D eigenvalue weighted by Crippen LogP contribution is -2.15. The van der Waals surface area contributed by atoms with Crippen molar-refractivity contribution in [1.82, 2.24) is 39.9 Å². The molecule has 6 aromatic rings.